The van der Waals surface area contributed by atoms with Gasteiger partial charge in [0.15, 0.2) is 6.61 Å². The molecule has 3 rings (SSSR count). The first-order valence-corrected chi connectivity index (χ1v) is 8.27. The molecule has 126 valence electrons. The van der Waals surface area contributed by atoms with Crippen molar-refractivity contribution in [2.24, 2.45) is 0 Å². The maximum Gasteiger partial charge on any atom is 0.260 e. The molecule has 0 spiro atoms. The second-order valence-corrected chi connectivity index (χ2v) is 6.17. The maximum absolute atomic E-state index is 12.3. The minimum atomic E-state index is -0.0358. The highest BCUT2D eigenvalue weighted by molar-refractivity contribution is 5.77. The molecule has 0 N–H and O–H groups in total. The van der Waals surface area contributed by atoms with Gasteiger partial charge in [-0.05, 0) is 60.2 Å². The van der Waals surface area contributed by atoms with Crippen molar-refractivity contribution in [3.63, 3.8) is 0 Å². The van der Waals surface area contributed by atoms with Crippen LogP contribution in [0.2, 0.25) is 0 Å². The standard InChI is InChI=1S/C20H23NO3/c1-21(13-15-6-9-18(23-2)10-7-15)20(22)14-24-19-11-8-16-4-3-5-17(16)12-19/h6-12H,3-5,13-14H2,1-2H3. The molecule has 4 nitrogen and oxygen atoms in total. The predicted octanol–water partition coefficient (Wildman–Crippen LogP) is 3.22. The molecule has 24 heavy (non-hydrogen) atoms. The lowest BCUT2D eigenvalue weighted by molar-refractivity contribution is -0.132. The van der Waals surface area contributed by atoms with Crippen molar-refractivity contribution < 1.29 is 14.3 Å². The Morgan fingerprint density at radius 2 is 1.75 bits per heavy atom. The number of aryl methyl sites for hydroxylation is 2. The van der Waals surface area contributed by atoms with Crippen LogP contribution >= 0.6 is 0 Å². The summed E-state index contributed by atoms with van der Waals surface area (Å²) < 4.78 is 10.8. The number of hydrogen-bond donors (Lipinski definition) is 0. The molecule has 2 aromatic carbocycles. The summed E-state index contributed by atoms with van der Waals surface area (Å²) in [5, 5.41) is 0. The molecule has 0 unspecified atom stereocenters. The van der Waals surface area contributed by atoms with Gasteiger partial charge in [-0.3, -0.25) is 4.79 Å². The fourth-order valence-corrected chi connectivity index (χ4v) is 2.99. The number of ether oxygens (including phenoxy) is 2. The second kappa shape index (κ2) is 7.39. The van der Waals surface area contributed by atoms with Crippen LogP contribution in [0, 0.1) is 0 Å². The van der Waals surface area contributed by atoms with E-state index in [4.69, 9.17) is 9.47 Å². The number of methoxy groups -OCH3 is 1. The summed E-state index contributed by atoms with van der Waals surface area (Å²) in [4.78, 5) is 13.9. The van der Waals surface area contributed by atoms with Crippen LogP contribution in [0.5, 0.6) is 11.5 Å². The number of benzene rings is 2. The minimum Gasteiger partial charge on any atom is -0.497 e. The van der Waals surface area contributed by atoms with Gasteiger partial charge in [-0.25, -0.2) is 0 Å². The third-order valence-electron chi connectivity index (χ3n) is 4.44. The Kier molecular flexibility index (Phi) is 5.04. The van der Waals surface area contributed by atoms with Gasteiger partial charge in [-0.2, -0.15) is 0 Å². The molecule has 1 aliphatic rings. The topological polar surface area (TPSA) is 38.8 Å². The summed E-state index contributed by atoms with van der Waals surface area (Å²) in [5.74, 6) is 1.56. The quantitative estimate of drug-likeness (QED) is 0.818. The normalized spacial score (nSPS) is 12.6. The van der Waals surface area contributed by atoms with E-state index in [2.05, 4.69) is 12.1 Å². The second-order valence-electron chi connectivity index (χ2n) is 6.17. The van der Waals surface area contributed by atoms with E-state index >= 15 is 0 Å². The lowest BCUT2D eigenvalue weighted by Gasteiger charge is -2.18. The van der Waals surface area contributed by atoms with Gasteiger partial charge in [-0.1, -0.05) is 18.2 Å². The van der Waals surface area contributed by atoms with Crippen LogP contribution in [0.3, 0.4) is 0 Å². The molecule has 2 aromatic rings. The smallest absolute Gasteiger partial charge is 0.260 e. The molecular weight excluding hydrogens is 302 g/mol. The molecule has 0 aliphatic heterocycles. The molecule has 0 fully saturated rings. The van der Waals surface area contributed by atoms with Crippen LogP contribution in [0.15, 0.2) is 42.5 Å². The van der Waals surface area contributed by atoms with Crippen molar-refractivity contribution in [1.82, 2.24) is 4.90 Å². The number of rotatable bonds is 6. The van der Waals surface area contributed by atoms with Crippen LogP contribution in [0.25, 0.3) is 0 Å². The Labute approximate surface area is 143 Å². The van der Waals surface area contributed by atoms with Crippen LogP contribution < -0.4 is 9.47 Å². The van der Waals surface area contributed by atoms with E-state index in [9.17, 15) is 4.79 Å². The van der Waals surface area contributed by atoms with Crippen molar-refractivity contribution in [2.75, 3.05) is 20.8 Å². The maximum atomic E-state index is 12.3. The Balaban J connectivity index is 1.52. The Morgan fingerprint density at radius 1 is 1.04 bits per heavy atom. The highest BCUT2D eigenvalue weighted by atomic mass is 16.5. The van der Waals surface area contributed by atoms with Crippen LogP contribution in [0.1, 0.15) is 23.1 Å². The summed E-state index contributed by atoms with van der Waals surface area (Å²) in [5.41, 5.74) is 3.82. The number of hydrogen-bond acceptors (Lipinski definition) is 3. The summed E-state index contributed by atoms with van der Waals surface area (Å²) in [7, 11) is 3.43. The number of carbonyl (C=O) groups excluding carboxylic acids is 1. The SMILES string of the molecule is COc1ccc(CN(C)C(=O)COc2ccc3c(c2)CCC3)cc1. The molecule has 0 bridgehead atoms. The number of carbonyl (C=O) groups is 1. The lowest BCUT2D eigenvalue weighted by atomic mass is 10.1. The summed E-state index contributed by atoms with van der Waals surface area (Å²) in [6.07, 6.45) is 3.47. The molecule has 0 saturated heterocycles. The van der Waals surface area contributed by atoms with Gasteiger partial charge in [0.1, 0.15) is 11.5 Å². The van der Waals surface area contributed by atoms with Gasteiger partial charge < -0.3 is 14.4 Å². The molecule has 1 amide bonds. The van der Waals surface area contributed by atoms with E-state index in [0.717, 1.165) is 29.9 Å². The first kappa shape index (κ1) is 16.4. The Hall–Kier alpha value is -2.49. The fourth-order valence-electron chi connectivity index (χ4n) is 2.99. The third-order valence-corrected chi connectivity index (χ3v) is 4.44. The van der Waals surface area contributed by atoms with E-state index in [1.54, 1.807) is 19.1 Å². The minimum absolute atomic E-state index is 0.0358. The number of fused-ring (bicyclic) bond motifs is 1. The van der Waals surface area contributed by atoms with Gasteiger partial charge in [0, 0.05) is 13.6 Å². The summed E-state index contributed by atoms with van der Waals surface area (Å²) in [6.45, 7) is 0.613. The number of nitrogens with zero attached hydrogens (tertiary/aromatic N) is 1. The third kappa shape index (κ3) is 3.88. The van der Waals surface area contributed by atoms with Crippen molar-refractivity contribution >= 4 is 5.91 Å². The highest BCUT2D eigenvalue weighted by Crippen LogP contribution is 2.26. The summed E-state index contributed by atoms with van der Waals surface area (Å²) >= 11 is 0. The molecule has 0 atom stereocenters. The molecule has 0 radical (unpaired) electrons. The zero-order valence-corrected chi connectivity index (χ0v) is 14.2. The molecule has 4 heteroatoms. The number of likely N-dealkylation sites (N-methyl/N-ethyl adjacent to an activating group) is 1. The molecular formula is C20H23NO3. The van der Waals surface area contributed by atoms with Gasteiger partial charge in [0.25, 0.3) is 5.91 Å². The van der Waals surface area contributed by atoms with Crippen molar-refractivity contribution in [3.8, 4) is 11.5 Å². The molecule has 0 heterocycles. The van der Waals surface area contributed by atoms with Gasteiger partial charge in [0.2, 0.25) is 0 Å². The van der Waals surface area contributed by atoms with Gasteiger partial charge in [0.05, 0.1) is 7.11 Å². The fraction of sp³-hybridized carbons (Fsp3) is 0.350. The highest BCUT2D eigenvalue weighted by Gasteiger charge is 2.13. The average molecular weight is 325 g/mol. The zero-order chi connectivity index (χ0) is 16.9. The van der Waals surface area contributed by atoms with Crippen LogP contribution in [0.4, 0.5) is 0 Å². The van der Waals surface area contributed by atoms with Crippen molar-refractivity contribution in [3.05, 3.63) is 59.2 Å². The van der Waals surface area contributed by atoms with E-state index in [1.165, 1.54) is 17.5 Å². The van der Waals surface area contributed by atoms with Crippen molar-refractivity contribution in [2.45, 2.75) is 25.8 Å². The van der Waals surface area contributed by atoms with E-state index in [1.807, 2.05) is 30.3 Å². The first-order chi connectivity index (χ1) is 11.7. The van der Waals surface area contributed by atoms with E-state index in [-0.39, 0.29) is 12.5 Å². The zero-order valence-electron chi connectivity index (χ0n) is 14.2. The molecule has 1 aliphatic carbocycles. The first-order valence-electron chi connectivity index (χ1n) is 8.27. The lowest BCUT2D eigenvalue weighted by Crippen LogP contribution is -2.30. The number of amides is 1. The molecule has 0 saturated carbocycles. The van der Waals surface area contributed by atoms with Crippen molar-refractivity contribution in [1.29, 1.82) is 0 Å². The largest absolute Gasteiger partial charge is 0.497 e. The predicted molar refractivity (Wildman–Crippen MR) is 93.4 cm³/mol. The van der Waals surface area contributed by atoms with Gasteiger partial charge >= 0.3 is 0 Å². The van der Waals surface area contributed by atoms with E-state index in [0.29, 0.717) is 6.54 Å². The van der Waals surface area contributed by atoms with Gasteiger partial charge in [-0.15, -0.1) is 0 Å². The average Bonchev–Trinajstić information content (AvgIpc) is 3.08. The Morgan fingerprint density at radius 3 is 2.50 bits per heavy atom. The monoisotopic (exact) mass is 325 g/mol. The molecule has 0 aromatic heterocycles. The van der Waals surface area contributed by atoms with E-state index < -0.39 is 0 Å². The summed E-state index contributed by atoms with van der Waals surface area (Å²) in [6, 6.07) is 13.9. The van der Waals surface area contributed by atoms with Crippen LogP contribution in [-0.4, -0.2) is 31.6 Å². The van der Waals surface area contributed by atoms with Crippen LogP contribution in [-0.2, 0) is 24.2 Å². The Bertz CT molecular complexity index is 709.